The number of rotatable bonds is 6. The summed E-state index contributed by atoms with van der Waals surface area (Å²) in [4.78, 5) is 27.2. The van der Waals surface area contributed by atoms with Crippen LogP contribution in [0.1, 0.15) is 52.0 Å². The van der Waals surface area contributed by atoms with E-state index in [1.807, 2.05) is 13.8 Å². The first-order valence-electron chi connectivity index (χ1n) is 7.08. The molecule has 124 valence electrons. The Kier molecular flexibility index (Phi) is 5.19. The number of H-pyrrole nitrogens is 1. The molecule has 2 rings (SSSR count). The van der Waals surface area contributed by atoms with Crippen molar-refractivity contribution in [1.29, 1.82) is 0 Å². The summed E-state index contributed by atoms with van der Waals surface area (Å²) in [5.41, 5.74) is 2.05. The summed E-state index contributed by atoms with van der Waals surface area (Å²) in [7, 11) is 1.32. The SMILES string of the molecule is COC(=O)c1c(C)[nH]c(C(=O)CSc2nnnn2C(C)C)c1C. The van der Waals surface area contributed by atoms with Gasteiger partial charge in [0.1, 0.15) is 0 Å². The smallest absolute Gasteiger partial charge is 0.339 e. The second kappa shape index (κ2) is 6.95. The number of aryl methyl sites for hydroxylation is 1. The van der Waals surface area contributed by atoms with E-state index < -0.39 is 5.97 Å². The predicted octanol–water partition coefficient (Wildman–Crippen LogP) is 1.96. The minimum Gasteiger partial charge on any atom is -0.465 e. The van der Waals surface area contributed by atoms with Crippen molar-refractivity contribution in [3.63, 3.8) is 0 Å². The van der Waals surface area contributed by atoms with Crippen LogP contribution in [0.3, 0.4) is 0 Å². The van der Waals surface area contributed by atoms with Crippen molar-refractivity contribution in [2.75, 3.05) is 12.9 Å². The van der Waals surface area contributed by atoms with Crippen molar-refractivity contribution in [3.05, 3.63) is 22.5 Å². The largest absolute Gasteiger partial charge is 0.465 e. The van der Waals surface area contributed by atoms with Crippen molar-refractivity contribution in [3.8, 4) is 0 Å². The highest BCUT2D eigenvalue weighted by atomic mass is 32.2. The van der Waals surface area contributed by atoms with E-state index in [1.165, 1.54) is 18.9 Å². The van der Waals surface area contributed by atoms with Crippen molar-refractivity contribution >= 4 is 23.5 Å². The number of aromatic amines is 1. The number of aromatic nitrogens is 5. The summed E-state index contributed by atoms with van der Waals surface area (Å²) in [6.45, 7) is 7.39. The normalized spacial score (nSPS) is 11.0. The molecule has 0 spiro atoms. The van der Waals surface area contributed by atoms with Gasteiger partial charge in [-0.15, -0.1) is 5.10 Å². The van der Waals surface area contributed by atoms with Crippen molar-refractivity contribution in [2.24, 2.45) is 0 Å². The molecule has 0 saturated heterocycles. The molecule has 0 aliphatic carbocycles. The number of esters is 1. The highest BCUT2D eigenvalue weighted by Gasteiger charge is 2.23. The molecular formula is C14H19N5O3S. The molecule has 0 unspecified atom stereocenters. The maximum atomic E-state index is 12.4. The van der Waals surface area contributed by atoms with Crippen LogP contribution in [0.25, 0.3) is 0 Å². The van der Waals surface area contributed by atoms with Crippen molar-refractivity contribution in [2.45, 2.75) is 38.9 Å². The molecule has 23 heavy (non-hydrogen) atoms. The summed E-state index contributed by atoms with van der Waals surface area (Å²) >= 11 is 1.26. The van der Waals surface area contributed by atoms with Crippen LogP contribution >= 0.6 is 11.8 Å². The first kappa shape index (κ1) is 17.2. The van der Waals surface area contributed by atoms with E-state index in [1.54, 1.807) is 18.5 Å². The van der Waals surface area contributed by atoms with Gasteiger partial charge in [0.15, 0.2) is 5.78 Å². The number of nitrogens with one attached hydrogen (secondary N) is 1. The molecule has 0 atom stereocenters. The number of thioether (sulfide) groups is 1. The number of carbonyl (C=O) groups excluding carboxylic acids is 2. The second-order valence-corrected chi connectivity index (χ2v) is 6.27. The average Bonchev–Trinajstić information content (AvgIpc) is 3.09. The van der Waals surface area contributed by atoms with E-state index in [0.29, 0.717) is 27.7 Å². The Balaban J connectivity index is 2.16. The lowest BCUT2D eigenvalue weighted by Gasteiger charge is -2.06. The van der Waals surface area contributed by atoms with E-state index in [9.17, 15) is 9.59 Å². The summed E-state index contributed by atoms with van der Waals surface area (Å²) in [6, 6.07) is 0.114. The predicted molar refractivity (Wildman–Crippen MR) is 84.9 cm³/mol. The fraction of sp³-hybridized carbons (Fsp3) is 0.500. The highest BCUT2D eigenvalue weighted by molar-refractivity contribution is 7.99. The van der Waals surface area contributed by atoms with E-state index in [-0.39, 0.29) is 17.6 Å². The lowest BCUT2D eigenvalue weighted by atomic mass is 10.1. The van der Waals surface area contributed by atoms with Gasteiger partial charge in [-0.25, -0.2) is 9.48 Å². The Morgan fingerprint density at radius 3 is 2.65 bits per heavy atom. The number of Topliss-reactive ketones (excluding diaryl/α,β-unsaturated/α-hetero) is 1. The third-order valence-corrected chi connectivity index (χ3v) is 4.32. The maximum Gasteiger partial charge on any atom is 0.339 e. The summed E-state index contributed by atoms with van der Waals surface area (Å²) in [5.74, 6) is -0.398. The number of ether oxygens (including phenoxy) is 1. The van der Waals surface area contributed by atoms with Crippen LogP contribution in [-0.2, 0) is 4.74 Å². The molecule has 0 aliphatic rings. The van der Waals surface area contributed by atoms with E-state index >= 15 is 0 Å². The molecule has 0 radical (unpaired) electrons. The molecule has 0 saturated carbocycles. The Labute approximate surface area is 138 Å². The van der Waals surface area contributed by atoms with Gasteiger partial charge in [0.05, 0.1) is 30.2 Å². The minimum absolute atomic E-state index is 0.114. The number of hydrogen-bond acceptors (Lipinski definition) is 7. The number of ketones is 1. The lowest BCUT2D eigenvalue weighted by molar-refractivity contribution is 0.0599. The molecular weight excluding hydrogens is 318 g/mol. The first-order valence-corrected chi connectivity index (χ1v) is 8.06. The topological polar surface area (TPSA) is 103 Å². The Morgan fingerprint density at radius 2 is 2.04 bits per heavy atom. The number of nitrogens with zero attached hydrogens (tertiary/aromatic N) is 4. The van der Waals surface area contributed by atoms with Gasteiger partial charge in [-0.3, -0.25) is 4.79 Å². The third kappa shape index (κ3) is 3.44. The maximum absolute atomic E-state index is 12.4. The average molecular weight is 337 g/mol. The Bertz CT molecular complexity index is 735. The third-order valence-electron chi connectivity index (χ3n) is 3.39. The molecule has 0 aliphatic heterocycles. The van der Waals surface area contributed by atoms with Gasteiger partial charge < -0.3 is 9.72 Å². The zero-order valence-corrected chi connectivity index (χ0v) is 14.5. The van der Waals surface area contributed by atoms with Crippen LogP contribution < -0.4 is 0 Å². The molecule has 1 N–H and O–H groups in total. The van der Waals surface area contributed by atoms with Crippen LogP contribution in [0, 0.1) is 13.8 Å². The Morgan fingerprint density at radius 1 is 1.35 bits per heavy atom. The summed E-state index contributed by atoms with van der Waals surface area (Å²) in [6.07, 6.45) is 0. The zero-order valence-electron chi connectivity index (χ0n) is 13.7. The summed E-state index contributed by atoms with van der Waals surface area (Å²) < 4.78 is 6.40. The zero-order chi connectivity index (χ0) is 17.1. The van der Waals surface area contributed by atoms with Crippen LogP contribution in [-0.4, -0.2) is 49.8 Å². The van der Waals surface area contributed by atoms with Crippen LogP contribution in [0.4, 0.5) is 0 Å². The summed E-state index contributed by atoms with van der Waals surface area (Å²) in [5, 5.41) is 12.0. The molecule has 0 fully saturated rings. The highest BCUT2D eigenvalue weighted by Crippen LogP contribution is 2.23. The quantitative estimate of drug-likeness (QED) is 0.488. The van der Waals surface area contributed by atoms with Crippen LogP contribution in [0.15, 0.2) is 5.16 Å². The van der Waals surface area contributed by atoms with Gasteiger partial charge in [-0.2, -0.15) is 0 Å². The fourth-order valence-electron chi connectivity index (χ4n) is 2.24. The molecule has 2 aromatic rings. The number of tetrazole rings is 1. The number of hydrogen-bond donors (Lipinski definition) is 1. The van der Waals surface area contributed by atoms with Gasteiger partial charge in [0.2, 0.25) is 5.16 Å². The number of carbonyl (C=O) groups is 2. The standard InChI is InChI=1S/C14H19N5O3S/c1-7(2)19-14(16-17-18-19)23-6-10(20)12-8(3)11(9(4)15-12)13(21)22-5/h7,15H,6H2,1-5H3. The molecule has 9 heteroatoms. The molecule has 0 bridgehead atoms. The lowest BCUT2D eigenvalue weighted by Crippen LogP contribution is -2.09. The van der Waals surface area contributed by atoms with E-state index in [2.05, 4.69) is 20.5 Å². The second-order valence-electron chi connectivity index (χ2n) is 5.33. The molecule has 0 aromatic carbocycles. The molecule has 2 aromatic heterocycles. The van der Waals surface area contributed by atoms with Crippen molar-refractivity contribution < 1.29 is 14.3 Å². The molecule has 2 heterocycles. The number of methoxy groups -OCH3 is 1. The van der Waals surface area contributed by atoms with E-state index in [0.717, 1.165) is 0 Å². The van der Waals surface area contributed by atoms with E-state index in [4.69, 9.17) is 4.74 Å². The monoisotopic (exact) mass is 337 g/mol. The van der Waals surface area contributed by atoms with Gasteiger partial charge >= 0.3 is 5.97 Å². The minimum atomic E-state index is -0.452. The van der Waals surface area contributed by atoms with Gasteiger partial charge in [-0.05, 0) is 43.7 Å². The van der Waals surface area contributed by atoms with Crippen LogP contribution in [0.5, 0.6) is 0 Å². The molecule has 8 nitrogen and oxygen atoms in total. The molecule has 0 amide bonds. The first-order chi connectivity index (χ1) is 10.9. The van der Waals surface area contributed by atoms with Crippen molar-refractivity contribution in [1.82, 2.24) is 25.2 Å². The van der Waals surface area contributed by atoms with Gasteiger partial charge in [0, 0.05) is 5.69 Å². The fourth-order valence-corrected chi connectivity index (χ4v) is 3.12. The van der Waals surface area contributed by atoms with Gasteiger partial charge in [0.25, 0.3) is 0 Å². The Hall–Kier alpha value is -2.16. The van der Waals surface area contributed by atoms with Crippen LogP contribution in [0.2, 0.25) is 0 Å². The van der Waals surface area contributed by atoms with Gasteiger partial charge in [-0.1, -0.05) is 11.8 Å².